The van der Waals surface area contributed by atoms with Crippen molar-refractivity contribution in [2.45, 2.75) is 13.5 Å². The number of pyridine rings is 1. The van der Waals surface area contributed by atoms with Gasteiger partial charge >= 0.3 is 0 Å². The zero-order valence-corrected chi connectivity index (χ0v) is 12.3. The van der Waals surface area contributed by atoms with Crippen LogP contribution in [-0.2, 0) is 6.54 Å². The van der Waals surface area contributed by atoms with E-state index < -0.39 is 0 Å². The summed E-state index contributed by atoms with van der Waals surface area (Å²) in [5.74, 6) is 1.33. The number of para-hydroxylation sites is 1. The molecule has 3 aromatic rings. The molecule has 2 aromatic heterocycles. The number of anilines is 3. The monoisotopic (exact) mass is 291 g/mol. The largest absolute Gasteiger partial charge is 0.364 e. The topological polar surface area (TPSA) is 62.7 Å². The summed E-state index contributed by atoms with van der Waals surface area (Å²) >= 11 is 0. The Morgan fingerprint density at radius 1 is 0.909 bits per heavy atom. The van der Waals surface area contributed by atoms with Gasteiger partial charge in [-0.2, -0.15) is 4.98 Å². The minimum Gasteiger partial charge on any atom is -0.364 e. The van der Waals surface area contributed by atoms with E-state index in [4.69, 9.17) is 0 Å². The van der Waals surface area contributed by atoms with E-state index in [0.29, 0.717) is 12.5 Å². The Kier molecular flexibility index (Phi) is 4.25. The molecule has 3 rings (SSSR count). The maximum absolute atomic E-state index is 4.46. The SMILES string of the molecule is Cc1ccccc1Nc1nccc(NCc2ccccn2)n1. The highest BCUT2D eigenvalue weighted by atomic mass is 15.1. The van der Waals surface area contributed by atoms with Gasteiger partial charge in [0.2, 0.25) is 5.95 Å². The van der Waals surface area contributed by atoms with E-state index in [1.807, 2.05) is 55.5 Å². The Balaban J connectivity index is 1.69. The van der Waals surface area contributed by atoms with Crippen LogP contribution in [0.5, 0.6) is 0 Å². The van der Waals surface area contributed by atoms with Gasteiger partial charge in [-0.25, -0.2) is 4.98 Å². The number of benzene rings is 1. The summed E-state index contributed by atoms with van der Waals surface area (Å²) in [4.78, 5) is 13.0. The number of rotatable bonds is 5. The van der Waals surface area contributed by atoms with Crippen molar-refractivity contribution in [1.29, 1.82) is 0 Å². The number of hydrogen-bond donors (Lipinski definition) is 2. The lowest BCUT2D eigenvalue weighted by Gasteiger charge is -2.09. The molecule has 0 saturated carbocycles. The van der Waals surface area contributed by atoms with Gasteiger partial charge in [-0.3, -0.25) is 4.98 Å². The number of aromatic nitrogens is 3. The summed E-state index contributed by atoms with van der Waals surface area (Å²) in [5.41, 5.74) is 3.12. The number of hydrogen-bond acceptors (Lipinski definition) is 5. The van der Waals surface area contributed by atoms with Gasteiger partial charge in [-0.05, 0) is 36.8 Å². The maximum atomic E-state index is 4.46. The van der Waals surface area contributed by atoms with Gasteiger partial charge in [0.05, 0.1) is 12.2 Å². The quantitative estimate of drug-likeness (QED) is 0.753. The van der Waals surface area contributed by atoms with Gasteiger partial charge in [0, 0.05) is 18.1 Å². The second-order valence-corrected chi connectivity index (χ2v) is 4.88. The van der Waals surface area contributed by atoms with Crippen molar-refractivity contribution >= 4 is 17.5 Å². The lowest BCUT2D eigenvalue weighted by Crippen LogP contribution is -2.05. The molecule has 0 spiro atoms. The molecule has 1 aromatic carbocycles. The van der Waals surface area contributed by atoms with Crippen LogP contribution in [0, 0.1) is 6.92 Å². The van der Waals surface area contributed by atoms with Gasteiger partial charge in [0.15, 0.2) is 0 Å². The first-order valence-electron chi connectivity index (χ1n) is 7.11. The summed E-state index contributed by atoms with van der Waals surface area (Å²) in [5, 5.41) is 6.48. The number of nitrogens with zero attached hydrogens (tertiary/aromatic N) is 3. The average Bonchev–Trinajstić information content (AvgIpc) is 2.57. The van der Waals surface area contributed by atoms with Crippen molar-refractivity contribution in [2.24, 2.45) is 0 Å². The third kappa shape index (κ3) is 3.58. The fourth-order valence-corrected chi connectivity index (χ4v) is 2.03. The Morgan fingerprint density at radius 2 is 1.77 bits per heavy atom. The number of nitrogens with one attached hydrogen (secondary N) is 2. The Labute approximate surface area is 129 Å². The van der Waals surface area contributed by atoms with Crippen LogP contribution >= 0.6 is 0 Å². The van der Waals surface area contributed by atoms with E-state index in [-0.39, 0.29) is 0 Å². The molecule has 0 aliphatic carbocycles. The van der Waals surface area contributed by atoms with Crippen molar-refractivity contribution < 1.29 is 0 Å². The normalized spacial score (nSPS) is 10.2. The van der Waals surface area contributed by atoms with Gasteiger partial charge < -0.3 is 10.6 Å². The zero-order chi connectivity index (χ0) is 15.2. The van der Waals surface area contributed by atoms with Crippen molar-refractivity contribution in [3.8, 4) is 0 Å². The molecule has 22 heavy (non-hydrogen) atoms. The zero-order valence-electron chi connectivity index (χ0n) is 12.3. The van der Waals surface area contributed by atoms with E-state index in [1.165, 1.54) is 0 Å². The third-order valence-corrected chi connectivity index (χ3v) is 3.22. The van der Waals surface area contributed by atoms with Crippen molar-refractivity contribution in [1.82, 2.24) is 15.0 Å². The molecule has 0 amide bonds. The fourth-order valence-electron chi connectivity index (χ4n) is 2.03. The van der Waals surface area contributed by atoms with Crippen LogP contribution < -0.4 is 10.6 Å². The first-order chi connectivity index (χ1) is 10.8. The highest BCUT2D eigenvalue weighted by Gasteiger charge is 2.02. The van der Waals surface area contributed by atoms with Crippen LogP contribution in [-0.4, -0.2) is 15.0 Å². The van der Waals surface area contributed by atoms with Gasteiger partial charge in [0.25, 0.3) is 0 Å². The van der Waals surface area contributed by atoms with Crippen LogP contribution in [0.3, 0.4) is 0 Å². The molecule has 5 nitrogen and oxygen atoms in total. The van der Waals surface area contributed by atoms with Gasteiger partial charge in [0.1, 0.15) is 5.82 Å². The van der Waals surface area contributed by atoms with E-state index in [1.54, 1.807) is 12.4 Å². The molecule has 0 saturated heterocycles. The van der Waals surface area contributed by atoms with Crippen LogP contribution in [0.4, 0.5) is 17.5 Å². The first kappa shape index (κ1) is 14.0. The summed E-state index contributed by atoms with van der Waals surface area (Å²) in [7, 11) is 0. The van der Waals surface area contributed by atoms with E-state index in [0.717, 1.165) is 22.8 Å². The highest BCUT2D eigenvalue weighted by Crippen LogP contribution is 2.18. The molecule has 0 fully saturated rings. The standard InChI is InChI=1S/C17H17N5/c1-13-6-2-3-8-15(13)21-17-19-11-9-16(22-17)20-12-14-7-4-5-10-18-14/h2-11H,12H2,1H3,(H2,19,20,21,22). The second-order valence-electron chi connectivity index (χ2n) is 4.88. The molecule has 5 heteroatoms. The van der Waals surface area contributed by atoms with E-state index in [9.17, 15) is 0 Å². The second kappa shape index (κ2) is 6.67. The van der Waals surface area contributed by atoms with Crippen molar-refractivity contribution in [2.75, 3.05) is 10.6 Å². The molecule has 0 radical (unpaired) electrons. The minimum atomic E-state index is 0.570. The summed E-state index contributed by atoms with van der Waals surface area (Å²) in [6.45, 7) is 2.67. The predicted octanol–water partition coefficient (Wildman–Crippen LogP) is 3.54. The Morgan fingerprint density at radius 3 is 2.59 bits per heavy atom. The lowest BCUT2D eigenvalue weighted by atomic mass is 10.2. The highest BCUT2D eigenvalue weighted by molar-refractivity contribution is 5.58. The summed E-state index contributed by atoms with van der Waals surface area (Å²) in [6.07, 6.45) is 3.51. The maximum Gasteiger partial charge on any atom is 0.229 e. The molecular weight excluding hydrogens is 274 g/mol. The smallest absolute Gasteiger partial charge is 0.229 e. The van der Waals surface area contributed by atoms with E-state index in [2.05, 4.69) is 25.6 Å². The molecule has 0 unspecified atom stereocenters. The average molecular weight is 291 g/mol. The fraction of sp³-hybridized carbons (Fsp3) is 0.118. The third-order valence-electron chi connectivity index (χ3n) is 3.22. The molecular formula is C17H17N5. The van der Waals surface area contributed by atoms with Crippen molar-refractivity contribution in [3.05, 3.63) is 72.2 Å². The molecule has 2 heterocycles. The van der Waals surface area contributed by atoms with Crippen LogP contribution in [0.1, 0.15) is 11.3 Å². The Hall–Kier alpha value is -2.95. The van der Waals surface area contributed by atoms with Gasteiger partial charge in [-0.15, -0.1) is 0 Å². The molecule has 0 atom stereocenters. The van der Waals surface area contributed by atoms with Crippen molar-refractivity contribution in [3.63, 3.8) is 0 Å². The first-order valence-corrected chi connectivity index (χ1v) is 7.11. The molecule has 110 valence electrons. The van der Waals surface area contributed by atoms with E-state index >= 15 is 0 Å². The van der Waals surface area contributed by atoms with Gasteiger partial charge in [-0.1, -0.05) is 24.3 Å². The lowest BCUT2D eigenvalue weighted by molar-refractivity contribution is 1.02. The Bertz CT molecular complexity index is 743. The summed E-state index contributed by atoms with van der Waals surface area (Å²) in [6, 6.07) is 15.7. The molecule has 0 bridgehead atoms. The number of aryl methyl sites for hydroxylation is 1. The summed E-state index contributed by atoms with van der Waals surface area (Å²) < 4.78 is 0. The minimum absolute atomic E-state index is 0.570. The molecule has 2 N–H and O–H groups in total. The molecule has 0 aliphatic rings. The molecule has 0 aliphatic heterocycles. The predicted molar refractivity (Wildman–Crippen MR) is 88.1 cm³/mol. The van der Waals surface area contributed by atoms with Crippen LogP contribution in [0.15, 0.2) is 60.9 Å². The van der Waals surface area contributed by atoms with Crippen LogP contribution in [0.25, 0.3) is 0 Å². The van der Waals surface area contributed by atoms with Crippen LogP contribution in [0.2, 0.25) is 0 Å².